The predicted molar refractivity (Wildman–Crippen MR) is 79.3 cm³/mol. The highest BCUT2D eigenvalue weighted by molar-refractivity contribution is 7.91. The molecule has 0 radical (unpaired) electrons. The summed E-state index contributed by atoms with van der Waals surface area (Å²) in [4.78, 5) is 2.18. The van der Waals surface area contributed by atoms with Crippen LogP contribution in [0.15, 0.2) is 36.8 Å². The Balaban J connectivity index is 1.58. The zero-order valence-electron chi connectivity index (χ0n) is 11.8. The Morgan fingerprint density at radius 2 is 1.81 bits per heavy atom. The van der Waals surface area contributed by atoms with Crippen molar-refractivity contribution in [3.8, 4) is 0 Å². The van der Waals surface area contributed by atoms with Crippen LogP contribution in [0.5, 0.6) is 0 Å². The summed E-state index contributed by atoms with van der Waals surface area (Å²) in [6.45, 7) is 2.56. The van der Waals surface area contributed by atoms with Gasteiger partial charge in [-0.15, -0.1) is 0 Å². The van der Waals surface area contributed by atoms with E-state index in [0.717, 1.165) is 12.1 Å². The third-order valence-electron chi connectivity index (χ3n) is 3.84. The van der Waals surface area contributed by atoms with E-state index in [2.05, 4.69) is 17.0 Å². The number of benzene rings is 1. The predicted octanol–water partition coefficient (Wildman–Crippen LogP) is 1.48. The lowest BCUT2D eigenvalue weighted by Crippen LogP contribution is -2.39. The lowest BCUT2D eigenvalue weighted by atomic mass is 10.1. The van der Waals surface area contributed by atoms with Crippen molar-refractivity contribution >= 4 is 9.84 Å². The molecule has 1 saturated heterocycles. The van der Waals surface area contributed by atoms with Crippen LogP contribution < -0.4 is 0 Å². The molecule has 0 bridgehead atoms. The molecule has 1 atom stereocenters. The van der Waals surface area contributed by atoms with Crippen LogP contribution in [0.4, 0.5) is 0 Å². The molecule has 2 aliphatic heterocycles. The van der Waals surface area contributed by atoms with E-state index < -0.39 is 9.84 Å². The van der Waals surface area contributed by atoms with Gasteiger partial charge in [0.2, 0.25) is 0 Å². The van der Waals surface area contributed by atoms with E-state index >= 15 is 0 Å². The van der Waals surface area contributed by atoms with Crippen LogP contribution in [0, 0.1) is 0 Å². The van der Waals surface area contributed by atoms with E-state index in [0.29, 0.717) is 19.7 Å². The molecule has 2 heterocycles. The normalized spacial score (nSPS) is 25.0. The number of rotatable bonds is 3. The van der Waals surface area contributed by atoms with Crippen molar-refractivity contribution in [2.24, 2.45) is 0 Å². The average molecular weight is 309 g/mol. The second kappa shape index (κ2) is 6.07. The molecule has 0 aromatic heterocycles. The van der Waals surface area contributed by atoms with Gasteiger partial charge in [-0.05, 0) is 11.1 Å². The van der Waals surface area contributed by atoms with Gasteiger partial charge in [-0.2, -0.15) is 0 Å². The highest BCUT2D eigenvalue weighted by atomic mass is 32.2. The molecule has 0 spiro atoms. The molecular formula is C15H19NO4S. The molecule has 3 rings (SSSR count). The Kier molecular flexibility index (Phi) is 4.17. The monoisotopic (exact) mass is 309 g/mol. The Labute approximate surface area is 125 Å². The van der Waals surface area contributed by atoms with Crippen molar-refractivity contribution in [3.05, 3.63) is 47.9 Å². The van der Waals surface area contributed by atoms with E-state index in [1.807, 2.05) is 12.1 Å². The first kappa shape index (κ1) is 14.4. The van der Waals surface area contributed by atoms with Gasteiger partial charge in [-0.3, -0.25) is 4.90 Å². The number of hydrogen-bond donors (Lipinski definition) is 0. The molecule has 1 fully saturated rings. The van der Waals surface area contributed by atoms with Crippen LogP contribution in [-0.2, 0) is 25.9 Å². The van der Waals surface area contributed by atoms with Gasteiger partial charge >= 0.3 is 0 Å². The van der Waals surface area contributed by atoms with Crippen LogP contribution in [0.2, 0.25) is 0 Å². The van der Waals surface area contributed by atoms with Gasteiger partial charge in [0.25, 0.3) is 0 Å². The molecule has 0 amide bonds. The molecule has 6 heteroatoms. The Morgan fingerprint density at radius 1 is 1.10 bits per heavy atom. The van der Waals surface area contributed by atoms with Crippen molar-refractivity contribution < 1.29 is 17.9 Å². The molecule has 0 N–H and O–H groups in total. The zero-order chi connectivity index (χ0) is 14.7. The number of ether oxygens (including phenoxy) is 2. The van der Waals surface area contributed by atoms with Crippen molar-refractivity contribution in [2.45, 2.75) is 12.6 Å². The van der Waals surface area contributed by atoms with E-state index in [-0.39, 0.29) is 17.6 Å². The van der Waals surface area contributed by atoms with Crippen LogP contribution in [0.1, 0.15) is 17.2 Å². The third kappa shape index (κ3) is 3.77. The zero-order valence-corrected chi connectivity index (χ0v) is 12.6. The molecule has 1 unspecified atom stereocenters. The van der Waals surface area contributed by atoms with Crippen molar-refractivity contribution in [2.75, 3.05) is 31.2 Å². The Hall–Kier alpha value is -1.53. The van der Waals surface area contributed by atoms with Gasteiger partial charge in [0.1, 0.15) is 19.1 Å². The molecule has 114 valence electrons. The first-order valence-electron chi connectivity index (χ1n) is 7.06. The quantitative estimate of drug-likeness (QED) is 0.846. The van der Waals surface area contributed by atoms with Crippen LogP contribution in [0.25, 0.3) is 0 Å². The van der Waals surface area contributed by atoms with E-state index in [1.165, 1.54) is 5.56 Å². The fraction of sp³-hybridized carbons (Fsp3) is 0.467. The van der Waals surface area contributed by atoms with Gasteiger partial charge in [0, 0.05) is 19.6 Å². The van der Waals surface area contributed by atoms with Crippen molar-refractivity contribution in [3.63, 3.8) is 0 Å². The standard InChI is InChI=1S/C15H19NO4S/c17-21(18)9-5-16(6-10-21)11-13-1-3-14(4-2-13)15-12-19-7-8-20-15/h1-4,7-8,15H,5-6,9-12H2. The first-order chi connectivity index (χ1) is 10.1. The Bertz CT molecular complexity index is 595. The summed E-state index contributed by atoms with van der Waals surface area (Å²) < 4.78 is 33.6. The van der Waals surface area contributed by atoms with Gasteiger partial charge in [-0.1, -0.05) is 24.3 Å². The minimum atomic E-state index is -2.81. The first-order valence-corrected chi connectivity index (χ1v) is 8.88. The fourth-order valence-corrected chi connectivity index (χ4v) is 3.80. The number of nitrogens with zero attached hydrogens (tertiary/aromatic N) is 1. The van der Waals surface area contributed by atoms with Crippen LogP contribution in [0.3, 0.4) is 0 Å². The second-order valence-corrected chi connectivity index (χ2v) is 7.70. The van der Waals surface area contributed by atoms with Crippen LogP contribution in [-0.4, -0.2) is 44.5 Å². The summed E-state index contributed by atoms with van der Waals surface area (Å²) in [5, 5.41) is 0. The van der Waals surface area contributed by atoms with E-state index in [1.54, 1.807) is 12.5 Å². The van der Waals surface area contributed by atoms with Gasteiger partial charge in [0.15, 0.2) is 15.9 Å². The average Bonchev–Trinajstić information content (AvgIpc) is 2.51. The molecule has 0 saturated carbocycles. The molecule has 1 aromatic carbocycles. The summed E-state index contributed by atoms with van der Waals surface area (Å²) in [7, 11) is -2.81. The summed E-state index contributed by atoms with van der Waals surface area (Å²) in [5.41, 5.74) is 2.27. The largest absolute Gasteiger partial charge is 0.494 e. The smallest absolute Gasteiger partial charge is 0.157 e. The molecular weight excluding hydrogens is 290 g/mol. The van der Waals surface area contributed by atoms with Gasteiger partial charge < -0.3 is 9.47 Å². The van der Waals surface area contributed by atoms with E-state index in [4.69, 9.17) is 9.47 Å². The minimum absolute atomic E-state index is 0.0517. The van der Waals surface area contributed by atoms with E-state index in [9.17, 15) is 8.42 Å². The maximum atomic E-state index is 11.4. The lowest BCUT2D eigenvalue weighted by Gasteiger charge is -2.26. The molecule has 2 aliphatic rings. The highest BCUT2D eigenvalue weighted by Gasteiger charge is 2.21. The number of sulfone groups is 1. The van der Waals surface area contributed by atoms with Crippen molar-refractivity contribution in [1.29, 1.82) is 0 Å². The highest BCUT2D eigenvalue weighted by Crippen LogP contribution is 2.22. The van der Waals surface area contributed by atoms with Crippen LogP contribution >= 0.6 is 0 Å². The SMILES string of the molecule is O=S1(=O)CCN(Cc2ccc(C3COC=CO3)cc2)CC1. The molecule has 0 aliphatic carbocycles. The topological polar surface area (TPSA) is 55.8 Å². The minimum Gasteiger partial charge on any atom is -0.494 e. The fourth-order valence-electron chi connectivity index (χ4n) is 2.53. The maximum Gasteiger partial charge on any atom is 0.157 e. The summed E-state index contributed by atoms with van der Waals surface area (Å²) in [6, 6.07) is 8.23. The lowest BCUT2D eigenvalue weighted by molar-refractivity contribution is 0.0326. The van der Waals surface area contributed by atoms with Gasteiger partial charge in [-0.25, -0.2) is 8.42 Å². The summed E-state index contributed by atoms with van der Waals surface area (Å²) in [6.07, 6.45) is 3.06. The molecule has 5 nitrogen and oxygen atoms in total. The second-order valence-electron chi connectivity index (χ2n) is 5.40. The molecule has 21 heavy (non-hydrogen) atoms. The maximum absolute atomic E-state index is 11.4. The third-order valence-corrected chi connectivity index (χ3v) is 5.45. The number of hydrogen-bond acceptors (Lipinski definition) is 5. The summed E-state index contributed by atoms with van der Waals surface area (Å²) >= 11 is 0. The summed E-state index contributed by atoms with van der Waals surface area (Å²) in [5.74, 6) is 0.537. The Morgan fingerprint density at radius 3 is 2.43 bits per heavy atom. The molecule has 1 aromatic rings. The van der Waals surface area contributed by atoms with Gasteiger partial charge in [0.05, 0.1) is 11.5 Å². The van der Waals surface area contributed by atoms with Crippen molar-refractivity contribution in [1.82, 2.24) is 4.90 Å².